The van der Waals surface area contributed by atoms with E-state index in [4.69, 9.17) is 23.2 Å². The van der Waals surface area contributed by atoms with E-state index in [9.17, 15) is 4.79 Å². The molecule has 0 aliphatic carbocycles. The van der Waals surface area contributed by atoms with Crippen molar-refractivity contribution in [3.63, 3.8) is 0 Å². The standard InChI is InChI=1S/C24H19Cl2N5OS/c1-16-7-10-19(11-8-16)31-23(18-5-3-2-4-6-18)29-30-24(31)33-15-22(32)28-27-14-17-9-12-20(25)21(26)13-17/h2-14H,15H2,1H3,(H,28,32). The molecule has 33 heavy (non-hydrogen) atoms. The zero-order valence-corrected chi connectivity index (χ0v) is 19.9. The van der Waals surface area contributed by atoms with Gasteiger partial charge in [-0.05, 0) is 36.8 Å². The van der Waals surface area contributed by atoms with Gasteiger partial charge >= 0.3 is 0 Å². The summed E-state index contributed by atoms with van der Waals surface area (Å²) < 4.78 is 1.95. The van der Waals surface area contributed by atoms with Gasteiger partial charge in [0, 0.05) is 11.3 Å². The lowest BCUT2D eigenvalue weighted by molar-refractivity contribution is -0.118. The van der Waals surface area contributed by atoms with Gasteiger partial charge in [0.05, 0.1) is 22.0 Å². The predicted molar refractivity (Wildman–Crippen MR) is 134 cm³/mol. The molecule has 166 valence electrons. The molecule has 3 aromatic carbocycles. The summed E-state index contributed by atoms with van der Waals surface area (Å²) in [5.41, 5.74) is 6.26. The van der Waals surface area contributed by atoms with Gasteiger partial charge in [-0.25, -0.2) is 5.43 Å². The third kappa shape index (κ3) is 5.82. The van der Waals surface area contributed by atoms with Crippen molar-refractivity contribution in [3.05, 3.63) is 94.0 Å². The Morgan fingerprint density at radius 2 is 1.79 bits per heavy atom. The second kappa shape index (κ2) is 10.7. The highest BCUT2D eigenvalue weighted by Gasteiger charge is 2.17. The first kappa shape index (κ1) is 23.0. The quantitative estimate of drug-likeness (QED) is 0.200. The number of aryl methyl sites for hydroxylation is 1. The van der Waals surface area contributed by atoms with Crippen molar-refractivity contribution in [3.8, 4) is 17.1 Å². The maximum absolute atomic E-state index is 12.3. The zero-order valence-electron chi connectivity index (χ0n) is 17.6. The van der Waals surface area contributed by atoms with Gasteiger partial charge in [-0.15, -0.1) is 10.2 Å². The molecule has 9 heteroatoms. The van der Waals surface area contributed by atoms with E-state index < -0.39 is 0 Å². The third-order valence-corrected chi connectivity index (χ3v) is 6.30. The van der Waals surface area contributed by atoms with Crippen LogP contribution in [-0.4, -0.2) is 32.6 Å². The zero-order chi connectivity index (χ0) is 23.2. The number of hydrogen-bond acceptors (Lipinski definition) is 5. The van der Waals surface area contributed by atoms with Crippen LogP contribution in [0.4, 0.5) is 0 Å². The average molecular weight is 496 g/mol. The highest BCUT2D eigenvalue weighted by atomic mass is 35.5. The molecule has 1 heterocycles. The Morgan fingerprint density at radius 3 is 2.52 bits per heavy atom. The number of hydrogen-bond donors (Lipinski definition) is 1. The molecule has 0 saturated heterocycles. The number of aromatic nitrogens is 3. The van der Waals surface area contributed by atoms with Crippen LogP contribution in [0.1, 0.15) is 11.1 Å². The molecular formula is C24H19Cl2N5OS. The van der Waals surface area contributed by atoms with Gasteiger partial charge in [-0.2, -0.15) is 5.10 Å². The molecule has 0 aliphatic heterocycles. The Morgan fingerprint density at radius 1 is 1.03 bits per heavy atom. The number of thioether (sulfide) groups is 1. The molecule has 1 N–H and O–H groups in total. The molecule has 0 saturated carbocycles. The summed E-state index contributed by atoms with van der Waals surface area (Å²) in [6.45, 7) is 2.03. The maximum Gasteiger partial charge on any atom is 0.250 e. The van der Waals surface area contributed by atoms with Crippen LogP contribution in [0.3, 0.4) is 0 Å². The van der Waals surface area contributed by atoms with E-state index >= 15 is 0 Å². The van der Waals surface area contributed by atoms with E-state index in [1.807, 2.05) is 66.1 Å². The van der Waals surface area contributed by atoms with E-state index in [-0.39, 0.29) is 11.7 Å². The van der Waals surface area contributed by atoms with Crippen molar-refractivity contribution < 1.29 is 4.79 Å². The number of benzene rings is 3. The lowest BCUT2D eigenvalue weighted by Crippen LogP contribution is -2.20. The number of rotatable bonds is 7. The Kier molecular flexibility index (Phi) is 7.44. The first-order chi connectivity index (χ1) is 16.0. The minimum atomic E-state index is -0.268. The fourth-order valence-corrected chi connectivity index (χ4v) is 4.05. The molecule has 0 fully saturated rings. The molecule has 0 spiro atoms. The molecule has 6 nitrogen and oxygen atoms in total. The second-order valence-corrected chi connectivity index (χ2v) is 8.86. The molecule has 0 bridgehead atoms. The van der Waals surface area contributed by atoms with Crippen molar-refractivity contribution in [2.75, 3.05) is 5.75 Å². The fraction of sp³-hybridized carbons (Fsp3) is 0.0833. The van der Waals surface area contributed by atoms with E-state index in [0.29, 0.717) is 21.0 Å². The summed E-state index contributed by atoms with van der Waals surface area (Å²) >= 11 is 13.2. The summed E-state index contributed by atoms with van der Waals surface area (Å²) in [5, 5.41) is 14.2. The summed E-state index contributed by atoms with van der Waals surface area (Å²) in [7, 11) is 0. The van der Waals surface area contributed by atoms with Crippen molar-refractivity contribution in [1.82, 2.24) is 20.2 Å². The van der Waals surface area contributed by atoms with Crippen LogP contribution in [0, 0.1) is 6.92 Å². The maximum atomic E-state index is 12.3. The lowest BCUT2D eigenvalue weighted by atomic mass is 10.2. The van der Waals surface area contributed by atoms with Crippen molar-refractivity contribution in [2.24, 2.45) is 5.10 Å². The highest BCUT2D eigenvalue weighted by molar-refractivity contribution is 7.99. The Balaban J connectivity index is 1.49. The third-order valence-electron chi connectivity index (χ3n) is 4.64. The minimum Gasteiger partial charge on any atom is -0.272 e. The van der Waals surface area contributed by atoms with Crippen molar-refractivity contribution in [1.29, 1.82) is 0 Å². The molecule has 1 aromatic heterocycles. The molecule has 1 amide bonds. The highest BCUT2D eigenvalue weighted by Crippen LogP contribution is 2.28. The van der Waals surface area contributed by atoms with Crippen LogP contribution in [-0.2, 0) is 4.79 Å². The van der Waals surface area contributed by atoms with E-state index in [0.717, 1.165) is 22.4 Å². The number of hydrazone groups is 1. The van der Waals surface area contributed by atoms with Crippen LogP contribution >= 0.6 is 35.0 Å². The van der Waals surface area contributed by atoms with Gasteiger partial charge in [-0.1, -0.05) is 89.1 Å². The van der Waals surface area contributed by atoms with E-state index in [1.165, 1.54) is 18.0 Å². The van der Waals surface area contributed by atoms with Gasteiger partial charge in [0.15, 0.2) is 11.0 Å². The molecule has 0 radical (unpaired) electrons. The summed E-state index contributed by atoms with van der Waals surface area (Å²) in [6, 6.07) is 23.0. The smallest absolute Gasteiger partial charge is 0.250 e. The SMILES string of the molecule is Cc1ccc(-n2c(SCC(=O)NN=Cc3ccc(Cl)c(Cl)c3)nnc2-c2ccccc2)cc1. The van der Waals surface area contributed by atoms with E-state index in [2.05, 4.69) is 20.7 Å². The summed E-state index contributed by atoms with van der Waals surface area (Å²) in [6.07, 6.45) is 1.51. The molecule has 0 aliphatic rings. The second-order valence-electron chi connectivity index (χ2n) is 7.10. The Labute approximate surface area is 205 Å². The number of nitrogens with zero attached hydrogens (tertiary/aromatic N) is 4. The van der Waals surface area contributed by atoms with Gasteiger partial charge in [0.25, 0.3) is 5.91 Å². The van der Waals surface area contributed by atoms with Gasteiger partial charge in [0.1, 0.15) is 0 Å². The van der Waals surface area contributed by atoms with Gasteiger partial charge < -0.3 is 0 Å². The fourth-order valence-electron chi connectivity index (χ4n) is 3.00. The van der Waals surface area contributed by atoms with Crippen LogP contribution < -0.4 is 5.43 Å². The molecule has 0 unspecified atom stereocenters. The van der Waals surface area contributed by atoms with Gasteiger partial charge in [-0.3, -0.25) is 9.36 Å². The number of carbonyl (C=O) groups is 1. The normalized spacial score (nSPS) is 11.1. The van der Waals surface area contributed by atoms with Crippen LogP contribution in [0.25, 0.3) is 17.1 Å². The Bertz CT molecular complexity index is 1290. The number of halogens is 2. The first-order valence-corrected chi connectivity index (χ1v) is 11.7. The Hall–Kier alpha value is -3.13. The minimum absolute atomic E-state index is 0.123. The van der Waals surface area contributed by atoms with E-state index in [1.54, 1.807) is 18.2 Å². The van der Waals surface area contributed by atoms with Crippen molar-refractivity contribution in [2.45, 2.75) is 12.1 Å². The van der Waals surface area contributed by atoms with Crippen molar-refractivity contribution >= 4 is 47.1 Å². The number of carbonyl (C=O) groups excluding carboxylic acids is 1. The molecule has 4 aromatic rings. The first-order valence-electron chi connectivity index (χ1n) is 9.99. The number of amides is 1. The summed E-state index contributed by atoms with van der Waals surface area (Å²) in [4.78, 5) is 12.3. The monoisotopic (exact) mass is 495 g/mol. The van der Waals surface area contributed by atoms with Crippen LogP contribution in [0.5, 0.6) is 0 Å². The molecule has 0 atom stereocenters. The van der Waals surface area contributed by atoms with Crippen LogP contribution in [0.15, 0.2) is 83.1 Å². The molecule has 4 rings (SSSR count). The molecular weight excluding hydrogens is 477 g/mol. The average Bonchev–Trinajstić information content (AvgIpc) is 3.25. The van der Waals surface area contributed by atoms with Crippen LogP contribution in [0.2, 0.25) is 10.0 Å². The largest absolute Gasteiger partial charge is 0.272 e. The lowest BCUT2D eigenvalue weighted by Gasteiger charge is -2.10. The predicted octanol–water partition coefficient (Wildman–Crippen LogP) is 5.79. The topological polar surface area (TPSA) is 72.2 Å². The number of nitrogens with one attached hydrogen (secondary N) is 1. The van der Waals surface area contributed by atoms with Gasteiger partial charge in [0.2, 0.25) is 0 Å². The summed E-state index contributed by atoms with van der Waals surface area (Å²) in [5.74, 6) is 0.563.